The number of nitrogens with zero attached hydrogens (tertiary/aromatic N) is 1. The lowest BCUT2D eigenvalue weighted by Crippen LogP contribution is -1.84. The van der Waals surface area contributed by atoms with Crippen molar-refractivity contribution in [1.82, 2.24) is 4.98 Å². The summed E-state index contributed by atoms with van der Waals surface area (Å²) in [6, 6.07) is 24.4. The second kappa shape index (κ2) is 6.57. The van der Waals surface area contributed by atoms with Gasteiger partial charge in [-0.25, -0.2) is 0 Å². The monoisotopic (exact) mass is 379 g/mol. The van der Waals surface area contributed by atoms with Crippen molar-refractivity contribution in [1.29, 1.82) is 0 Å². The zero-order chi connectivity index (χ0) is 19.3. The van der Waals surface area contributed by atoms with Crippen LogP contribution in [0.5, 0.6) is 0 Å². The lowest BCUT2D eigenvalue weighted by atomic mass is 9.99. The molecule has 5 rings (SSSR count). The Morgan fingerprint density at radius 1 is 0.679 bits per heavy atom. The van der Waals surface area contributed by atoms with Gasteiger partial charge in [-0.2, -0.15) is 0 Å². The highest BCUT2D eigenvalue weighted by atomic mass is 32.1. The van der Waals surface area contributed by atoms with Crippen LogP contribution < -0.4 is 0 Å². The lowest BCUT2D eigenvalue weighted by molar-refractivity contribution is 1.29. The average molecular weight is 380 g/mol. The summed E-state index contributed by atoms with van der Waals surface area (Å²) in [5.74, 6) is 0. The maximum atomic E-state index is 4.62. The first-order valence-corrected chi connectivity index (χ1v) is 10.4. The van der Waals surface area contributed by atoms with Gasteiger partial charge in [0.25, 0.3) is 0 Å². The van der Waals surface area contributed by atoms with Gasteiger partial charge in [-0.1, -0.05) is 59.7 Å². The number of hydrogen-bond acceptors (Lipinski definition) is 2. The van der Waals surface area contributed by atoms with Gasteiger partial charge in [0.2, 0.25) is 0 Å². The van der Waals surface area contributed by atoms with Gasteiger partial charge in [0.15, 0.2) is 0 Å². The van der Waals surface area contributed by atoms with Crippen molar-refractivity contribution < 1.29 is 0 Å². The fraction of sp³-hybridized carbons (Fsp3) is 0.115. The van der Waals surface area contributed by atoms with Crippen LogP contribution in [0, 0.1) is 20.8 Å². The smallest absolute Gasteiger partial charge is 0.0719 e. The Labute approximate surface area is 169 Å². The van der Waals surface area contributed by atoms with Crippen LogP contribution in [0.1, 0.15) is 16.7 Å². The summed E-state index contributed by atoms with van der Waals surface area (Å²) in [5, 5.41) is 2.63. The van der Waals surface area contributed by atoms with Crippen molar-refractivity contribution in [3.8, 4) is 22.4 Å². The van der Waals surface area contributed by atoms with Crippen LogP contribution in [-0.2, 0) is 0 Å². The van der Waals surface area contributed by atoms with Crippen molar-refractivity contribution in [2.24, 2.45) is 0 Å². The Kier molecular flexibility index (Phi) is 4.03. The van der Waals surface area contributed by atoms with E-state index >= 15 is 0 Å². The molecular weight excluding hydrogens is 358 g/mol. The summed E-state index contributed by atoms with van der Waals surface area (Å²) < 4.78 is 2.64. The Hall–Kier alpha value is -2.97. The van der Waals surface area contributed by atoms with Crippen LogP contribution in [0.25, 0.3) is 42.6 Å². The fourth-order valence-electron chi connectivity index (χ4n) is 4.00. The van der Waals surface area contributed by atoms with Crippen molar-refractivity contribution in [3.63, 3.8) is 0 Å². The lowest BCUT2D eigenvalue weighted by Gasteiger charge is -2.05. The SMILES string of the molecule is Cc1cc(C)cc(-c2ccc3c(c2)sc2c(-c4cc(C)ccn4)cccc23)c1. The Balaban J connectivity index is 1.73. The molecule has 2 aromatic heterocycles. The standard InChI is InChI=1S/C26H21NS/c1-16-9-10-27-24(14-16)23-6-4-5-22-21-8-7-19(15-25(21)28-26(22)23)20-12-17(2)11-18(3)13-20/h4-15H,1-3H3. The molecule has 0 aliphatic rings. The minimum Gasteiger partial charge on any atom is -0.256 e. The van der Waals surface area contributed by atoms with Gasteiger partial charge in [-0.15, -0.1) is 11.3 Å². The predicted octanol–water partition coefficient (Wildman–Crippen LogP) is 7.71. The highest BCUT2D eigenvalue weighted by Crippen LogP contribution is 2.41. The Morgan fingerprint density at radius 3 is 2.29 bits per heavy atom. The zero-order valence-corrected chi connectivity index (χ0v) is 17.1. The Bertz CT molecular complexity index is 1320. The first kappa shape index (κ1) is 17.2. The van der Waals surface area contributed by atoms with Crippen LogP contribution in [-0.4, -0.2) is 4.98 Å². The quantitative estimate of drug-likeness (QED) is 0.306. The maximum absolute atomic E-state index is 4.62. The zero-order valence-electron chi connectivity index (χ0n) is 16.3. The highest BCUT2D eigenvalue weighted by molar-refractivity contribution is 7.26. The van der Waals surface area contributed by atoms with E-state index in [1.54, 1.807) is 0 Å². The summed E-state index contributed by atoms with van der Waals surface area (Å²) in [6.45, 7) is 6.44. The van der Waals surface area contributed by atoms with Gasteiger partial charge in [0.1, 0.15) is 0 Å². The summed E-state index contributed by atoms with van der Waals surface area (Å²) in [6.07, 6.45) is 1.90. The molecule has 1 nitrogen and oxygen atoms in total. The van der Waals surface area contributed by atoms with Crippen molar-refractivity contribution >= 4 is 31.5 Å². The number of pyridine rings is 1. The molecule has 0 aliphatic heterocycles. The third kappa shape index (κ3) is 2.90. The molecule has 0 radical (unpaired) electrons. The van der Waals surface area contributed by atoms with Crippen molar-refractivity contribution in [2.45, 2.75) is 20.8 Å². The third-order valence-electron chi connectivity index (χ3n) is 5.25. The normalized spacial score (nSPS) is 11.4. The summed E-state index contributed by atoms with van der Waals surface area (Å²) in [5.41, 5.74) is 8.68. The molecule has 2 heteroatoms. The number of benzene rings is 3. The van der Waals surface area contributed by atoms with Gasteiger partial charge >= 0.3 is 0 Å². The molecule has 136 valence electrons. The number of aryl methyl sites for hydroxylation is 3. The van der Waals surface area contributed by atoms with E-state index in [4.69, 9.17) is 0 Å². The molecule has 0 fully saturated rings. The first-order valence-electron chi connectivity index (χ1n) is 9.55. The van der Waals surface area contributed by atoms with Crippen LogP contribution >= 0.6 is 11.3 Å². The van der Waals surface area contributed by atoms with E-state index < -0.39 is 0 Å². The fourth-order valence-corrected chi connectivity index (χ4v) is 5.27. The summed E-state index contributed by atoms with van der Waals surface area (Å²) in [7, 11) is 0. The van der Waals surface area contributed by atoms with E-state index in [-0.39, 0.29) is 0 Å². The van der Waals surface area contributed by atoms with E-state index in [1.165, 1.54) is 53.6 Å². The number of thiophene rings is 1. The number of hydrogen-bond donors (Lipinski definition) is 0. The van der Waals surface area contributed by atoms with Crippen LogP contribution in [0.4, 0.5) is 0 Å². The molecule has 0 N–H and O–H groups in total. The molecule has 2 heterocycles. The molecule has 0 bridgehead atoms. The topological polar surface area (TPSA) is 12.9 Å². The second-order valence-electron chi connectivity index (χ2n) is 7.59. The predicted molar refractivity (Wildman–Crippen MR) is 122 cm³/mol. The molecule has 0 unspecified atom stereocenters. The minimum atomic E-state index is 1.05. The molecule has 3 aromatic carbocycles. The second-order valence-corrected chi connectivity index (χ2v) is 8.64. The molecule has 0 saturated carbocycles. The summed E-state index contributed by atoms with van der Waals surface area (Å²) >= 11 is 1.87. The van der Waals surface area contributed by atoms with E-state index in [0.29, 0.717) is 0 Å². The van der Waals surface area contributed by atoms with Crippen molar-refractivity contribution in [2.75, 3.05) is 0 Å². The first-order chi connectivity index (χ1) is 13.6. The van der Waals surface area contributed by atoms with Gasteiger partial charge in [-0.3, -0.25) is 4.98 Å². The minimum absolute atomic E-state index is 1.05. The molecule has 28 heavy (non-hydrogen) atoms. The average Bonchev–Trinajstić information content (AvgIpc) is 3.05. The third-order valence-corrected chi connectivity index (χ3v) is 6.45. The number of rotatable bonds is 2. The summed E-state index contributed by atoms with van der Waals surface area (Å²) in [4.78, 5) is 4.62. The molecule has 0 atom stereocenters. The van der Waals surface area contributed by atoms with E-state index in [2.05, 4.69) is 86.4 Å². The van der Waals surface area contributed by atoms with Gasteiger partial charge in [-0.05, 0) is 55.7 Å². The van der Waals surface area contributed by atoms with Gasteiger partial charge < -0.3 is 0 Å². The van der Waals surface area contributed by atoms with Crippen LogP contribution in [0.3, 0.4) is 0 Å². The largest absolute Gasteiger partial charge is 0.256 e. The molecule has 0 amide bonds. The molecule has 0 aliphatic carbocycles. The molecule has 0 spiro atoms. The molecular formula is C26H21NS. The van der Waals surface area contributed by atoms with E-state index in [0.717, 1.165) is 5.69 Å². The van der Waals surface area contributed by atoms with Crippen molar-refractivity contribution in [3.05, 3.63) is 89.6 Å². The molecule has 0 saturated heterocycles. The van der Waals surface area contributed by atoms with E-state index in [9.17, 15) is 0 Å². The number of fused-ring (bicyclic) bond motifs is 3. The van der Waals surface area contributed by atoms with E-state index in [1.807, 2.05) is 23.6 Å². The number of aromatic nitrogens is 1. The van der Waals surface area contributed by atoms with Crippen LogP contribution in [0.15, 0.2) is 72.9 Å². The van der Waals surface area contributed by atoms with Gasteiger partial charge in [0.05, 0.1) is 5.69 Å². The maximum Gasteiger partial charge on any atom is 0.0719 e. The molecule has 5 aromatic rings. The van der Waals surface area contributed by atoms with Gasteiger partial charge in [0, 0.05) is 31.9 Å². The highest BCUT2D eigenvalue weighted by Gasteiger charge is 2.12. The Morgan fingerprint density at radius 2 is 1.50 bits per heavy atom. The van der Waals surface area contributed by atoms with Crippen LogP contribution in [0.2, 0.25) is 0 Å².